The number of aryl methyl sites for hydroxylation is 2. The lowest BCUT2D eigenvalue weighted by Crippen LogP contribution is -2.26. The van der Waals surface area contributed by atoms with Crippen LogP contribution in [-0.2, 0) is 6.54 Å². The third kappa shape index (κ3) is 2.54. The largest absolute Gasteiger partial charge is 0.398 e. The minimum absolute atomic E-state index is 0.262. The maximum Gasteiger partial charge on any atom is 0.348 e. The Hall–Kier alpha value is -1.81. The first kappa shape index (κ1) is 12.6. The van der Waals surface area contributed by atoms with Gasteiger partial charge in [-0.15, -0.1) is 0 Å². The summed E-state index contributed by atoms with van der Waals surface area (Å²) in [5.41, 5.74) is 8.63. The Bertz CT molecular complexity index is 649. The van der Waals surface area contributed by atoms with Gasteiger partial charge < -0.3 is 5.73 Å². The highest BCUT2D eigenvalue weighted by molar-refractivity contribution is 6.30. The second-order valence-corrected chi connectivity index (χ2v) is 4.69. The molecule has 0 aliphatic carbocycles. The highest BCUT2D eigenvalue weighted by Crippen LogP contribution is 2.18. The van der Waals surface area contributed by atoms with Crippen LogP contribution in [0.4, 0.5) is 5.69 Å². The van der Waals surface area contributed by atoms with Crippen LogP contribution < -0.4 is 11.4 Å². The number of halogens is 1. The lowest BCUT2D eigenvalue weighted by Gasteiger charge is -2.11. The van der Waals surface area contributed by atoms with Gasteiger partial charge in [0.2, 0.25) is 0 Å². The molecule has 2 rings (SSSR count). The van der Waals surface area contributed by atoms with Gasteiger partial charge in [0.25, 0.3) is 0 Å². The van der Waals surface area contributed by atoms with E-state index >= 15 is 0 Å². The van der Waals surface area contributed by atoms with Crippen LogP contribution in [0.2, 0.25) is 5.02 Å². The lowest BCUT2D eigenvalue weighted by atomic mass is 10.2. The monoisotopic (exact) mass is 263 g/mol. The van der Waals surface area contributed by atoms with Gasteiger partial charge in [-0.05, 0) is 37.6 Å². The molecule has 1 aromatic heterocycles. The summed E-state index contributed by atoms with van der Waals surface area (Å²) in [6.45, 7) is 4.08. The molecule has 0 spiro atoms. The topological polar surface area (TPSA) is 60.9 Å². The molecular weight excluding hydrogens is 250 g/mol. The smallest absolute Gasteiger partial charge is 0.348 e. The Kier molecular flexibility index (Phi) is 3.39. The molecule has 94 valence electrons. The number of rotatable bonds is 2. The van der Waals surface area contributed by atoms with Crippen molar-refractivity contribution in [1.29, 1.82) is 0 Å². The van der Waals surface area contributed by atoms with Crippen molar-refractivity contribution in [3.05, 3.63) is 56.7 Å². The van der Waals surface area contributed by atoms with Crippen LogP contribution in [0.5, 0.6) is 0 Å². The molecular formula is C13H14ClN3O. The first-order valence-electron chi connectivity index (χ1n) is 5.56. The van der Waals surface area contributed by atoms with Crippen molar-refractivity contribution >= 4 is 17.3 Å². The number of nitrogens with zero attached hydrogens (tertiary/aromatic N) is 2. The molecule has 18 heavy (non-hydrogen) atoms. The first-order chi connectivity index (χ1) is 8.47. The third-order valence-corrected chi connectivity index (χ3v) is 3.02. The molecule has 5 heteroatoms. The average molecular weight is 264 g/mol. The molecule has 0 radical (unpaired) electrons. The summed E-state index contributed by atoms with van der Waals surface area (Å²) >= 11 is 5.84. The number of nitrogens with two attached hydrogens (primary N) is 1. The number of benzene rings is 1. The van der Waals surface area contributed by atoms with E-state index in [0.29, 0.717) is 17.3 Å². The Morgan fingerprint density at radius 1 is 1.33 bits per heavy atom. The van der Waals surface area contributed by atoms with Crippen LogP contribution in [0.3, 0.4) is 0 Å². The normalized spacial score (nSPS) is 10.6. The van der Waals surface area contributed by atoms with Gasteiger partial charge in [-0.2, -0.15) is 4.98 Å². The van der Waals surface area contributed by atoms with Crippen LogP contribution in [0.1, 0.15) is 17.0 Å². The lowest BCUT2D eigenvalue weighted by molar-refractivity contribution is 0.695. The highest BCUT2D eigenvalue weighted by Gasteiger charge is 2.06. The van der Waals surface area contributed by atoms with E-state index < -0.39 is 0 Å². The second kappa shape index (κ2) is 4.82. The zero-order chi connectivity index (χ0) is 13.3. The molecule has 0 unspecified atom stereocenters. The quantitative estimate of drug-likeness (QED) is 0.845. The minimum atomic E-state index is -0.262. The van der Waals surface area contributed by atoms with Gasteiger partial charge in [-0.3, -0.25) is 4.57 Å². The summed E-state index contributed by atoms with van der Waals surface area (Å²) < 4.78 is 1.59. The molecule has 2 N–H and O–H groups in total. The predicted octanol–water partition coefficient (Wildman–Crippen LogP) is 2.14. The molecule has 1 heterocycles. The number of hydrogen-bond donors (Lipinski definition) is 1. The van der Waals surface area contributed by atoms with Crippen molar-refractivity contribution in [2.75, 3.05) is 5.73 Å². The van der Waals surface area contributed by atoms with Gasteiger partial charge in [-0.1, -0.05) is 17.7 Å². The standard InChI is InChI=1S/C13H14ClN3O/c1-8-5-9(2)17(13(18)16-8)7-10-3-4-11(14)6-12(10)15/h3-6H,7,15H2,1-2H3. The van der Waals surface area contributed by atoms with Crippen LogP contribution in [0.25, 0.3) is 0 Å². The van der Waals surface area contributed by atoms with Crippen LogP contribution in [0.15, 0.2) is 29.1 Å². The van der Waals surface area contributed by atoms with Gasteiger partial charge in [-0.25, -0.2) is 4.79 Å². The molecule has 1 aromatic carbocycles. The average Bonchev–Trinajstić information content (AvgIpc) is 2.25. The van der Waals surface area contributed by atoms with E-state index in [2.05, 4.69) is 4.98 Å². The summed E-state index contributed by atoms with van der Waals surface area (Å²) in [5.74, 6) is 0. The molecule has 0 aliphatic heterocycles. The zero-order valence-electron chi connectivity index (χ0n) is 10.3. The van der Waals surface area contributed by atoms with E-state index in [4.69, 9.17) is 17.3 Å². The maximum atomic E-state index is 11.8. The number of hydrogen-bond acceptors (Lipinski definition) is 3. The van der Waals surface area contributed by atoms with Crippen LogP contribution >= 0.6 is 11.6 Å². The second-order valence-electron chi connectivity index (χ2n) is 4.25. The Morgan fingerprint density at radius 3 is 2.67 bits per heavy atom. The van der Waals surface area contributed by atoms with Gasteiger partial charge in [0.05, 0.1) is 6.54 Å². The number of aromatic nitrogens is 2. The summed E-state index contributed by atoms with van der Waals surface area (Å²) in [6.07, 6.45) is 0. The fourth-order valence-electron chi connectivity index (χ4n) is 1.85. The van der Waals surface area contributed by atoms with Crippen LogP contribution in [-0.4, -0.2) is 9.55 Å². The molecule has 0 bridgehead atoms. The number of anilines is 1. The first-order valence-corrected chi connectivity index (χ1v) is 5.94. The fraction of sp³-hybridized carbons (Fsp3) is 0.231. The molecule has 4 nitrogen and oxygen atoms in total. The van der Waals surface area contributed by atoms with E-state index in [-0.39, 0.29) is 5.69 Å². The molecule has 0 atom stereocenters. The van der Waals surface area contributed by atoms with Gasteiger partial charge in [0.1, 0.15) is 0 Å². The van der Waals surface area contributed by atoms with Crippen molar-refractivity contribution in [3.8, 4) is 0 Å². The van der Waals surface area contributed by atoms with E-state index in [0.717, 1.165) is 17.0 Å². The molecule has 0 fully saturated rings. The SMILES string of the molecule is Cc1cc(C)n(Cc2ccc(Cl)cc2N)c(=O)n1. The van der Waals surface area contributed by atoms with Crippen molar-refractivity contribution in [3.63, 3.8) is 0 Å². The Labute approximate surface area is 110 Å². The summed E-state index contributed by atoms with van der Waals surface area (Å²) in [5, 5.41) is 0.586. The fourth-order valence-corrected chi connectivity index (χ4v) is 2.03. The predicted molar refractivity (Wildman–Crippen MR) is 72.9 cm³/mol. The van der Waals surface area contributed by atoms with E-state index in [1.54, 1.807) is 23.6 Å². The van der Waals surface area contributed by atoms with E-state index in [9.17, 15) is 4.79 Å². The van der Waals surface area contributed by atoms with E-state index in [1.165, 1.54) is 0 Å². The molecule has 0 amide bonds. The Morgan fingerprint density at radius 2 is 2.06 bits per heavy atom. The Balaban J connectivity index is 2.43. The highest BCUT2D eigenvalue weighted by atomic mass is 35.5. The van der Waals surface area contributed by atoms with Gasteiger partial charge in [0, 0.05) is 22.1 Å². The molecule has 2 aromatic rings. The summed E-state index contributed by atoms with van der Waals surface area (Å²) in [6, 6.07) is 7.13. The molecule has 0 saturated heterocycles. The van der Waals surface area contributed by atoms with E-state index in [1.807, 2.05) is 19.1 Å². The van der Waals surface area contributed by atoms with Crippen molar-refractivity contribution < 1.29 is 0 Å². The molecule has 0 aliphatic rings. The summed E-state index contributed by atoms with van der Waals surface area (Å²) in [7, 11) is 0. The van der Waals surface area contributed by atoms with Crippen molar-refractivity contribution in [1.82, 2.24) is 9.55 Å². The van der Waals surface area contributed by atoms with Crippen LogP contribution in [0, 0.1) is 13.8 Å². The molecule has 0 saturated carbocycles. The van der Waals surface area contributed by atoms with Crippen molar-refractivity contribution in [2.24, 2.45) is 0 Å². The third-order valence-electron chi connectivity index (χ3n) is 2.78. The van der Waals surface area contributed by atoms with Crippen molar-refractivity contribution in [2.45, 2.75) is 20.4 Å². The van der Waals surface area contributed by atoms with Gasteiger partial charge in [0.15, 0.2) is 0 Å². The minimum Gasteiger partial charge on any atom is -0.398 e. The number of nitrogen functional groups attached to an aromatic ring is 1. The zero-order valence-corrected chi connectivity index (χ0v) is 11.0. The van der Waals surface area contributed by atoms with Gasteiger partial charge >= 0.3 is 5.69 Å². The maximum absolute atomic E-state index is 11.8. The summed E-state index contributed by atoms with van der Waals surface area (Å²) in [4.78, 5) is 15.7.